The van der Waals surface area contributed by atoms with Gasteiger partial charge in [-0.2, -0.15) is 0 Å². The molecule has 5 heteroatoms. The molecule has 0 aliphatic heterocycles. The van der Waals surface area contributed by atoms with E-state index < -0.39 is 0 Å². The zero-order valence-electron chi connectivity index (χ0n) is 12.3. The van der Waals surface area contributed by atoms with Gasteiger partial charge in [0.05, 0.1) is 12.9 Å². The topological polar surface area (TPSA) is 56.1 Å². The molecule has 1 aliphatic carbocycles. The molecule has 5 nitrogen and oxygen atoms in total. The fourth-order valence-corrected chi connectivity index (χ4v) is 3.02. The summed E-state index contributed by atoms with van der Waals surface area (Å²) in [6.45, 7) is 2.35. The van der Waals surface area contributed by atoms with Gasteiger partial charge in [-0.15, -0.1) is 0 Å². The SMILES string of the molecule is COCC1(CNC(=O)CCCn2ccnc2)CCCC1. The zero-order chi connectivity index (χ0) is 14.3. The first-order valence-corrected chi connectivity index (χ1v) is 7.45. The zero-order valence-corrected chi connectivity index (χ0v) is 12.3. The monoisotopic (exact) mass is 279 g/mol. The van der Waals surface area contributed by atoms with E-state index in [9.17, 15) is 4.79 Å². The molecule has 1 amide bonds. The first kappa shape index (κ1) is 15.0. The highest BCUT2D eigenvalue weighted by atomic mass is 16.5. The van der Waals surface area contributed by atoms with Gasteiger partial charge in [-0.05, 0) is 19.3 Å². The van der Waals surface area contributed by atoms with Gasteiger partial charge < -0.3 is 14.6 Å². The molecule has 1 saturated carbocycles. The van der Waals surface area contributed by atoms with Crippen molar-refractivity contribution in [3.63, 3.8) is 0 Å². The molecule has 1 N–H and O–H groups in total. The number of carbonyl (C=O) groups is 1. The van der Waals surface area contributed by atoms with E-state index in [0.717, 1.165) is 39.0 Å². The molecule has 0 unspecified atom stereocenters. The molecule has 1 aliphatic rings. The fraction of sp³-hybridized carbons (Fsp3) is 0.733. The first-order valence-electron chi connectivity index (χ1n) is 7.45. The van der Waals surface area contributed by atoms with Gasteiger partial charge in [0.25, 0.3) is 0 Å². The minimum absolute atomic E-state index is 0.146. The maximum absolute atomic E-state index is 11.9. The molecule has 0 spiro atoms. The van der Waals surface area contributed by atoms with Crippen molar-refractivity contribution in [1.82, 2.24) is 14.9 Å². The van der Waals surface area contributed by atoms with Gasteiger partial charge in [0.1, 0.15) is 0 Å². The molecule has 1 aromatic heterocycles. The largest absolute Gasteiger partial charge is 0.384 e. The Hall–Kier alpha value is -1.36. The van der Waals surface area contributed by atoms with Gasteiger partial charge in [0.15, 0.2) is 0 Å². The molecular formula is C15H25N3O2. The highest BCUT2D eigenvalue weighted by molar-refractivity contribution is 5.75. The fourth-order valence-electron chi connectivity index (χ4n) is 3.02. The smallest absolute Gasteiger partial charge is 0.220 e. The van der Waals surface area contributed by atoms with E-state index in [4.69, 9.17) is 4.74 Å². The molecular weight excluding hydrogens is 254 g/mol. The van der Waals surface area contributed by atoms with Crippen molar-refractivity contribution in [2.75, 3.05) is 20.3 Å². The van der Waals surface area contributed by atoms with Gasteiger partial charge in [-0.25, -0.2) is 4.98 Å². The van der Waals surface area contributed by atoms with Crippen molar-refractivity contribution >= 4 is 5.91 Å². The van der Waals surface area contributed by atoms with Crippen LogP contribution in [0.5, 0.6) is 0 Å². The normalized spacial score (nSPS) is 17.2. The Bertz CT molecular complexity index is 397. The van der Waals surface area contributed by atoms with Gasteiger partial charge in [0, 0.05) is 44.4 Å². The average molecular weight is 279 g/mol. The van der Waals surface area contributed by atoms with Crippen LogP contribution in [0.25, 0.3) is 0 Å². The Morgan fingerprint density at radius 1 is 1.45 bits per heavy atom. The molecule has 1 fully saturated rings. The number of rotatable bonds is 8. The van der Waals surface area contributed by atoms with E-state index in [2.05, 4.69) is 10.3 Å². The van der Waals surface area contributed by atoms with E-state index in [1.165, 1.54) is 12.8 Å². The Morgan fingerprint density at radius 3 is 2.90 bits per heavy atom. The number of methoxy groups -OCH3 is 1. The van der Waals surface area contributed by atoms with Crippen molar-refractivity contribution < 1.29 is 9.53 Å². The molecule has 0 bridgehead atoms. The number of aromatic nitrogens is 2. The van der Waals surface area contributed by atoms with Crippen molar-refractivity contribution in [2.24, 2.45) is 5.41 Å². The second-order valence-corrected chi connectivity index (χ2v) is 5.82. The summed E-state index contributed by atoms with van der Waals surface area (Å²) in [5.41, 5.74) is 0.175. The van der Waals surface area contributed by atoms with Crippen LogP contribution in [-0.2, 0) is 16.1 Å². The van der Waals surface area contributed by atoms with Crippen LogP contribution in [0.4, 0.5) is 0 Å². The second-order valence-electron chi connectivity index (χ2n) is 5.82. The van der Waals surface area contributed by atoms with Crippen LogP contribution in [0.1, 0.15) is 38.5 Å². The number of ether oxygens (including phenoxy) is 1. The molecule has 2 rings (SSSR count). The number of aryl methyl sites for hydroxylation is 1. The summed E-state index contributed by atoms with van der Waals surface area (Å²) in [6, 6.07) is 0. The third-order valence-corrected chi connectivity index (χ3v) is 4.15. The Balaban J connectivity index is 1.66. The average Bonchev–Trinajstić information content (AvgIpc) is 3.09. The van der Waals surface area contributed by atoms with Crippen molar-refractivity contribution in [3.8, 4) is 0 Å². The summed E-state index contributed by atoms with van der Waals surface area (Å²) >= 11 is 0. The number of nitrogens with one attached hydrogen (secondary N) is 1. The minimum Gasteiger partial charge on any atom is -0.384 e. The summed E-state index contributed by atoms with van der Waals surface area (Å²) in [5.74, 6) is 0.146. The lowest BCUT2D eigenvalue weighted by atomic mass is 9.87. The summed E-state index contributed by atoms with van der Waals surface area (Å²) in [7, 11) is 1.74. The van der Waals surface area contributed by atoms with E-state index in [1.807, 2.05) is 10.8 Å². The summed E-state index contributed by atoms with van der Waals surface area (Å²) in [6.07, 6.45) is 11.7. The van der Waals surface area contributed by atoms with Crippen molar-refractivity contribution in [3.05, 3.63) is 18.7 Å². The molecule has 0 radical (unpaired) electrons. The van der Waals surface area contributed by atoms with E-state index >= 15 is 0 Å². The lowest BCUT2D eigenvalue weighted by Crippen LogP contribution is -2.38. The van der Waals surface area contributed by atoms with Crippen LogP contribution < -0.4 is 5.32 Å². The predicted molar refractivity (Wildman–Crippen MR) is 77.2 cm³/mol. The Labute approximate surface area is 120 Å². The highest BCUT2D eigenvalue weighted by Gasteiger charge is 2.34. The summed E-state index contributed by atoms with van der Waals surface area (Å²) in [4.78, 5) is 15.9. The van der Waals surface area contributed by atoms with Crippen LogP contribution in [0.3, 0.4) is 0 Å². The van der Waals surface area contributed by atoms with Crippen molar-refractivity contribution in [2.45, 2.75) is 45.1 Å². The van der Waals surface area contributed by atoms with E-state index in [1.54, 1.807) is 19.6 Å². The van der Waals surface area contributed by atoms with E-state index in [0.29, 0.717) is 6.42 Å². The molecule has 112 valence electrons. The van der Waals surface area contributed by atoms with Gasteiger partial charge in [-0.3, -0.25) is 4.79 Å². The van der Waals surface area contributed by atoms with Crippen LogP contribution in [-0.4, -0.2) is 35.7 Å². The van der Waals surface area contributed by atoms with Gasteiger partial charge in [-0.1, -0.05) is 12.8 Å². The molecule has 20 heavy (non-hydrogen) atoms. The number of imidazole rings is 1. The third-order valence-electron chi connectivity index (χ3n) is 4.15. The highest BCUT2D eigenvalue weighted by Crippen LogP contribution is 2.37. The van der Waals surface area contributed by atoms with Crippen LogP contribution in [0.15, 0.2) is 18.7 Å². The second kappa shape index (κ2) is 7.43. The number of carbonyl (C=O) groups excluding carboxylic acids is 1. The molecule has 1 heterocycles. The maximum atomic E-state index is 11.9. The quantitative estimate of drug-likeness (QED) is 0.791. The third kappa shape index (κ3) is 4.34. The molecule has 0 saturated heterocycles. The summed E-state index contributed by atoms with van der Waals surface area (Å²) in [5, 5.41) is 3.09. The van der Waals surface area contributed by atoms with Gasteiger partial charge in [0.2, 0.25) is 5.91 Å². The summed E-state index contributed by atoms with van der Waals surface area (Å²) < 4.78 is 7.33. The lowest BCUT2D eigenvalue weighted by Gasteiger charge is -2.28. The minimum atomic E-state index is 0.146. The predicted octanol–water partition coefficient (Wildman–Crippen LogP) is 1.99. The molecule has 1 aromatic rings. The standard InChI is InChI=1S/C15H25N3O2/c1-20-12-15(6-2-3-7-15)11-17-14(19)5-4-9-18-10-8-16-13-18/h8,10,13H,2-7,9,11-12H2,1H3,(H,17,19). The van der Waals surface area contributed by atoms with E-state index in [-0.39, 0.29) is 11.3 Å². The van der Waals surface area contributed by atoms with Crippen molar-refractivity contribution in [1.29, 1.82) is 0 Å². The Kier molecular flexibility index (Phi) is 5.59. The van der Waals surface area contributed by atoms with Gasteiger partial charge >= 0.3 is 0 Å². The molecule has 0 aromatic carbocycles. The maximum Gasteiger partial charge on any atom is 0.220 e. The lowest BCUT2D eigenvalue weighted by molar-refractivity contribution is -0.122. The Morgan fingerprint density at radius 2 is 2.25 bits per heavy atom. The van der Waals surface area contributed by atoms with Crippen LogP contribution in [0.2, 0.25) is 0 Å². The van der Waals surface area contributed by atoms with Crippen LogP contribution in [0, 0.1) is 5.41 Å². The molecule has 0 atom stereocenters. The number of nitrogens with zero attached hydrogens (tertiary/aromatic N) is 2. The number of amides is 1. The van der Waals surface area contributed by atoms with Crippen LogP contribution >= 0.6 is 0 Å². The first-order chi connectivity index (χ1) is 9.74. The number of hydrogen-bond acceptors (Lipinski definition) is 3. The number of hydrogen-bond donors (Lipinski definition) is 1.